The Labute approximate surface area is 105 Å². The van der Waals surface area contributed by atoms with E-state index in [1.54, 1.807) is 21.6 Å². The summed E-state index contributed by atoms with van der Waals surface area (Å²) >= 11 is 0. The molecule has 2 aromatic rings. The lowest BCUT2D eigenvalue weighted by Gasteiger charge is -2.11. The quantitative estimate of drug-likeness (QED) is 0.880. The molecule has 0 amide bonds. The molecule has 0 spiro atoms. The van der Waals surface area contributed by atoms with Crippen molar-refractivity contribution in [2.75, 3.05) is 5.32 Å². The van der Waals surface area contributed by atoms with Gasteiger partial charge in [0.05, 0.1) is 12.2 Å². The van der Waals surface area contributed by atoms with Crippen molar-refractivity contribution < 1.29 is 0 Å². The van der Waals surface area contributed by atoms with Gasteiger partial charge in [-0.1, -0.05) is 0 Å². The summed E-state index contributed by atoms with van der Waals surface area (Å²) < 4.78 is 3.37. The largest absolute Gasteiger partial charge is 0.360 e. The molecule has 6 heteroatoms. The van der Waals surface area contributed by atoms with E-state index in [2.05, 4.69) is 15.4 Å². The number of hydrogen-bond acceptors (Lipinski definition) is 4. The Balaban J connectivity index is 2.15. The minimum absolute atomic E-state index is 0.108. The highest BCUT2D eigenvalue weighted by atomic mass is 16.1. The van der Waals surface area contributed by atoms with Crippen molar-refractivity contribution in [2.24, 2.45) is 7.05 Å². The summed E-state index contributed by atoms with van der Waals surface area (Å²) in [5.74, 6) is 0.358. The van der Waals surface area contributed by atoms with Crippen LogP contribution in [0.2, 0.25) is 0 Å². The van der Waals surface area contributed by atoms with E-state index < -0.39 is 0 Å². The first-order chi connectivity index (χ1) is 8.58. The molecule has 0 unspecified atom stereocenters. The van der Waals surface area contributed by atoms with Gasteiger partial charge in [-0.2, -0.15) is 5.10 Å². The SMILES string of the molecule is CC(C)n1ccnc(NCc2ccn(C)n2)c1=O. The van der Waals surface area contributed by atoms with Crippen LogP contribution in [0.1, 0.15) is 25.6 Å². The topological polar surface area (TPSA) is 64.7 Å². The van der Waals surface area contributed by atoms with Gasteiger partial charge in [0.25, 0.3) is 5.56 Å². The minimum Gasteiger partial charge on any atom is -0.360 e. The summed E-state index contributed by atoms with van der Waals surface area (Å²) in [6.07, 6.45) is 5.18. The second kappa shape index (κ2) is 5.03. The van der Waals surface area contributed by atoms with Crippen LogP contribution in [0.3, 0.4) is 0 Å². The molecule has 0 atom stereocenters. The molecular formula is C12H17N5O. The highest BCUT2D eigenvalue weighted by Crippen LogP contribution is 2.03. The van der Waals surface area contributed by atoms with Gasteiger partial charge in [0.2, 0.25) is 0 Å². The Morgan fingerprint density at radius 1 is 1.39 bits per heavy atom. The average molecular weight is 247 g/mol. The predicted molar refractivity (Wildman–Crippen MR) is 69.4 cm³/mol. The van der Waals surface area contributed by atoms with E-state index in [4.69, 9.17) is 0 Å². The lowest BCUT2D eigenvalue weighted by atomic mass is 10.4. The first kappa shape index (κ1) is 12.3. The number of nitrogens with one attached hydrogen (secondary N) is 1. The summed E-state index contributed by atoms with van der Waals surface area (Å²) in [7, 11) is 1.86. The van der Waals surface area contributed by atoms with Gasteiger partial charge in [0.15, 0.2) is 5.82 Å². The third-order valence-electron chi connectivity index (χ3n) is 2.63. The van der Waals surface area contributed by atoms with Crippen LogP contribution < -0.4 is 10.9 Å². The smallest absolute Gasteiger partial charge is 0.293 e. The van der Waals surface area contributed by atoms with Gasteiger partial charge in [-0.05, 0) is 19.9 Å². The van der Waals surface area contributed by atoms with Crippen molar-refractivity contribution in [2.45, 2.75) is 26.4 Å². The zero-order valence-corrected chi connectivity index (χ0v) is 10.8. The second-order valence-electron chi connectivity index (χ2n) is 4.42. The lowest BCUT2D eigenvalue weighted by molar-refractivity contribution is 0.575. The van der Waals surface area contributed by atoms with E-state index >= 15 is 0 Å². The van der Waals surface area contributed by atoms with Crippen LogP contribution in [0.5, 0.6) is 0 Å². The van der Waals surface area contributed by atoms with E-state index in [0.29, 0.717) is 12.4 Å². The summed E-state index contributed by atoms with van der Waals surface area (Å²) in [5, 5.41) is 7.25. The summed E-state index contributed by atoms with van der Waals surface area (Å²) in [6, 6.07) is 2.02. The van der Waals surface area contributed by atoms with Crippen molar-refractivity contribution in [3.8, 4) is 0 Å². The van der Waals surface area contributed by atoms with Crippen molar-refractivity contribution in [3.63, 3.8) is 0 Å². The lowest BCUT2D eigenvalue weighted by Crippen LogP contribution is -2.25. The van der Waals surface area contributed by atoms with Crippen LogP contribution in [0.15, 0.2) is 29.5 Å². The Morgan fingerprint density at radius 3 is 2.78 bits per heavy atom. The van der Waals surface area contributed by atoms with Gasteiger partial charge in [-0.25, -0.2) is 4.98 Å². The Hall–Kier alpha value is -2.11. The molecule has 0 aliphatic heterocycles. The molecule has 1 N–H and O–H groups in total. The van der Waals surface area contributed by atoms with Gasteiger partial charge in [-0.3, -0.25) is 9.48 Å². The molecular weight excluding hydrogens is 230 g/mol. The first-order valence-corrected chi connectivity index (χ1v) is 5.87. The van der Waals surface area contributed by atoms with Crippen molar-refractivity contribution in [1.82, 2.24) is 19.3 Å². The monoisotopic (exact) mass is 247 g/mol. The molecule has 0 saturated heterocycles. The van der Waals surface area contributed by atoms with E-state index in [1.807, 2.05) is 33.2 Å². The number of rotatable bonds is 4. The number of nitrogens with zero attached hydrogens (tertiary/aromatic N) is 4. The van der Waals surface area contributed by atoms with Crippen molar-refractivity contribution in [3.05, 3.63) is 40.7 Å². The fourth-order valence-electron chi connectivity index (χ4n) is 1.68. The number of aromatic nitrogens is 4. The normalized spacial score (nSPS) is 10.9. The van der Waals surface area contributed by atoms with Crippen molar-refractivity contribution >= 4 is 5.82 Å². The molecule has 18 heavy (non-hydrogen) atoms. The van der Waals surface area contributed by atoms with Crippen LogP contribution in [0.25, 0.3) is 0 Å². The van der Waals surface area contributed by atoms with Crippen LogP contribution in [-0.2, 0) is 13.6 Å². The first-order valence-electron chi connectivity index (χ1n) is 5.87. The second-order valence-corrected chi connectivity index (χ2v) is 4.42. The number of anilines is 1. The molecule has 2 aromatic heterocycles. The van der Waals surface area contributed by atoms with E-state index in [9.17, 15) is 4.79 Å². The molecule has 0 aliphatic rings. The molecule has 2 rings (SSSR count). The third kappa shape index (κ3) is 2.58. The zero-order chi connectivity index (χ0) is 13.1. The average Bonchev–Trinajstić information content (AvgIpc) is 2.73. The van der Waals surface area contributed by atoms with Crippen LogP contribution in [0, 0.1) is 0 Å². The summed E-state index contributed by atoms with van der Waals surface area (Å²) in [4.78, 5) is 16.1. The Bertz CT molecular complexity index is 584. The molecule has 0 radical (unpaired) electrons. The van der Waals surface area contributed by atoms with Gasteiger partial charge >= 0.3 is 0 Å². The molecule has 0 aromatic carbocycles. The molecule has 0 saturated carbocycles. The highest BCUT2D eigenvalue weighted by molar-refractivity contribution is 5.31. The van der Waals surface area contributed by atoms with Gasteiger partial charge in [-0.15, -0.1) is 0 Å². The Kier molecular flexibility index (Phi) is 3.45. The van der Waals surface area contributed by atoms with E-state index in [-0.39, 0.29) is 11.6 Å². The maximum absolute atomic E-state index is 12.0. The molecule has 0 aliphatic carbocycles. The van der Waals surface area contributed by atoms with E-state index in [0.717, 1.165) is 5.69 Å². The molecule has 0 fully saturated rings. The maximum atomic E-state index is 12.0. The fraction of sp³-hybridized carbons (Fsp3) is 0.417. The standard InChI is InChI=1S/C12H17N5O/c1-9(2)17-7-5-13-11(12(17)18)14-8-10-4-6-16(3)15-10/h4-7,9H,8H2,1-3H3,(H,13,14). The number of hydrogen-bond donors (Lipinski definition) is 1. The summed E-state index contributed by atoms with van der Waals surface area (Å²) in [6.45, 7) is 4.42. The molecule has 96 valence electrons. The minimum atomic E-state index is -0.108. The Morgan fingerprint density at radius 2 is 2.17 bits per heavy atom. The predicted octanol–water partition coefficient (Wildman–Crippen LogP) is 1.17. The molecule has 2 heterocycles. The zero-order valence-electron chi connectivity index (χ0n) is 10.8. The van der Waals surface area contributed by atoms with Gasteiger partial charge in [0, 0.05) is 31.7 Å². The summed E-state index contributed by atoms with van der Waals surface area (Å²) in [5.41, 5.74) is 0.766. The van der Waals surface area contributed by atoms with Crippen LogP contribution >= 0.6 is 0 Å². The molecule has 6 nitrogen and oxygen atoms in total. The third-order valence-corrected chi connectivity index (χ3v) is 2.63. The van der Waals surface area contributed by atoms with E-state index in [1.165, 1.54) is 0 Å². The number of aryl methyl sites for hydroxylation is 1. The van der Waals surface area contributed by atoms with Gasteiger partial charge < -0.3 is 9.88 Å². The molecule has 0 bridgehead atoms. The van der Waals surface area contributed by atoms with Crippen LogP contribution in [0.4, 0.5) is 5.82 Å². The van der Waals surface area contributed by atoms with Crippen LogP contribution in [-0.4, -0.2) is 19.3 Å². The fourth-order valence-corrected chi connectivity index (χ4v) is 1.68. The highest BCUT2D eigenvalue weighted by Gasteiger charge is 2.07. The van der Waals surface area contributed by atoms with Gasteiger partial charge in [0.1, 0.15) is 0 Å². The van der Waals surface area contributed by atoms with Crippen molar-refractivity contribution in [1.29, 1.82) is 0 Å². The maximum Gasteiger partial charge on any atom is 0.293 e.